The van der Waals surface area contributed by atoms with Gasteiger partial charge in [0.2, 0.25) is 0 Å². The Hall–Kier alpha value is -0.610. The van der Waals surface area contributed by atoms with Crippen LogP contribution in [0, 0.1) is 0 Å². The predicted octanol–water partition coefficient (Wildman–Crippen LogP) is 1.08. The summed E-state index contributed by atoms with van der Waals surface area (Å²) in [5.74, 6) is 1.70. The monoisotopic (exact) mass is 175 g/mol. The van der Waals surface area contributed by atoms with Gasteiger partial charge in [0.25, 0.3) is 0 Å². The van der Waals surface area contributed by atoms with Crippen LogP contribution in [0.1, 0.15) is 18.6 Å². The third-order valence-corrected chi connectivity index (χ3v) is 1.39. The molecule has 11 heavy (non-hydrogen) atoms. The molecule has 0 unspecified atom stereocenters. The van der Waals surface area contributed by atoms with Crippen LogP contribution in [0.15, 0.2) is 0 Å². The lowest BCUT2D eigenvalue weighted by atomic mass is 10.6. The Kier molecular flexibility index (Phi) is 3.32. The topological polar surface area (TPSA) is 50.8 Å². The van der Waals surface area contributed by atoms with Gasteiger partial charge in [0, 0.05) is 6.61 Å². The van der Waals surface area contributed by atoms with E-state index >= 15 is 0 Å². The fraction of sp³-hybridized carbons (Fsp3) is 0.667. The maximum Gasteiger partial charge on any atom is 0.176 e. The Bertz CT molecular complexity index is 213. The molecule has 4 nitrogen and oxygen atoms in total. The number of aromatic amines is 1. The average Bonchev–Trinajstić information content (AvgIpc) is 2.48. The third kappa shape index (κ3) is 2.48. The lowest BCUT2D eigenvalue weighted by Gasteiger charge is -1.92. The van der Waals surface area contributed by atoms with Crippen LogP contribution in [0.3, 0.4) is 0 Å². The van der Waals surface area contributed by atoms with Gasteiger partial charge < -0.3 is 4.74 Å². The number of hydrogen-bond donors (Lipinski definition) is 1. The second kappa shape index (κ2) is 4.31. The number of ether oxygens (including phenoxy) is 1. The molecule has 0 atom stereocenters. The van der Waals surface area contributed by atoms with E-state index in [4.69, 9.17) is 16.3 Å². The summed E-state index contributed by atoms with van der Waals surface area (Å²) in [5.41, 5.74) is 0. The van der Waals surface area contributed by atoms with Gasteiger partial charge in [-0.1, -0.05) is 0 Å². The fourth-order valence-corrected chi connectivity index (χ4v) is 0.772. The van der Waals surface area contributed by atoms with E-state index in [1.807, 2.05) is 6.92 Å². The molecule has 0 saturated heterocycles. The summed E-state index contributed by atoms with van der Waals surface area (Å²) in [6.07, 6.45) is 0. The second-order valence-electron chi connectivity index (χ2n) is 1.97. The molecule has 62 valence electrons. The van der Waals surface area contributed by atoms with E-state index in [1.54, 1.807) is 0 Å². The summed E-state index contributed by atoms with van der Waals surface area (Å²) in [7, 11) is 0. The molecule has 1 heterocycles. The Morgan fingerprint density at radius 2 is 2.45 bits per heavy atom. The number of nitrogens with zero attached hydrogens (tertiary/aromatic N) is 2. The molecule has 0 spiro atoms. The largest absolute Gasteiger partial charge is 0.374 e. The number of halogens is 1. The molecule has 1 rings (SSSR count). The number of rotatable bonds is 4. The van der Waals surface area contributed by atoms with Crippen molar-refractivity contribution in [3.8, 4) is 0 Å². The number of H-pyrrole nitrogens is 1. The summed E-state index contributed by atoms with van der Waals surface area (Å²) in [4.78, 5) is 4.04. The Morgan fingerprint density at radius 1 is 1.64 bits per heavy atom. The number of aromatic nitrogens is 3. The molecule has 1 aromatic heterocycles. The molecule has 0 bridgehead atoms. The molecule has 0 aliphatic carbocycles. The minimum Gasteiger partial charge on any atom is -0.374 e. The van der Waals surface area contributed by atoms with Crippen molar-refractivity contribution >= 4 is 11.6 Å². The highest BCUT2D eigenvalue weighted by Crippen LogP contribution is 1.97. The van der Waals surface area contributed by atoms with Gasteiger partial charge in [0.15, 0.2) is 5.82 Å². The smallest absolute Gasteiger partial charge is 0.176 e. The Morgan fingerprint density at radius 3 is 3.00 bits per heavy atom. The zero-order valence-electron chi connectivity index (χ0n) is 6.30. The molecule has 0 radical (unpaired) electrons. The lowest BCUT2D eigenvalue weighted by Crippen LogP contribution is -1.93. The minimum absolute atomic E-state index is 0.360. The molecule has 0 aromatic carbocycles. The maximum absolute atomic E-state index is 5.50. The Labute approximate surface area is 69.9 Å². The number of nitrogens with one attached hydrogen (secondary N) is 1. The molecule has 0 aliphatic heterocycles. The van der Waals surface area contributed by atoms with Crippen LogP contribution in [0.4, 0.5) is 0 Å². The zero-order valence-corrected chi connectivity index (χ0v) is 7.06. The molecule has 5 heteroatoms. The maximum atomic E-state index is 5.50. The van der Waals surface area contributed by atoms with Crippen LogP contribution in [0.25, 0.3) is 0 Å². The first-order valence-corrected chi connectivity index (χ1v) is 3.94. The predicted molar refractivity (Wildman–Crippen MR) is 41.3 cm³/mol. The standard InChI is InChI=1S/C6H10ClN3O/c1-2-11-4-6-8-5(3-7)9-10-6/h2-4H2,1H3,(H,8,9,10). The molecular formula is C6H10ClN3O. The Balaban J connectivity index is 2.44. The van der Waals surface area contributed by atoms with Gasteiger partial charge in [-0.05, 0) is 6.92 Å². The fourth-order valence-electron chi connectivity index (χ4n) is 0.653. The van der Waals surface area contributed by atoms with Gasteiger partial charge in [-0.15, -0.1) is 11.6 Å². The highest BCUT2D eigenvalue weighted by atomic mass is 35.5. The van der Waals surface area contributed by atoms with E-state index in [0.29, 0.717) is 30.7 Å². The van der Waals surface area contributed by atoms with Crippen molar-refractivity contribution in [3.05, 3.63) is 11.6 Å². The van der Waals surface area contributed by atoms with Crippen LogP contribution in [-0.4, -0.2) is 21.8 Å². The summed E-state index contributed by atoms with van der Waals surface area (Å²) in [6, 6.07) is 0. The first-order valence-electron chi connectivity index (χ1n) is 3.40. The SMILES string of the molecule is CCOCc1n[nH]c(CCl)n1. The van der Waals surface area contributed by atoms with Crippen molar-refractivity contribution < 1.29 is 4.74 Å². The van der Waals surface area contributed by atoms with Gasteiger partial charge in [-0.2, -0.15) is 5.10 Å². The van der Waals surface area contributed by atoms with Crippen molar-refractivity contribution in [3.63, 3.8) is 0 Å². The van der Waals surface area contributed by atoms with Crippen molar-refractivity contribution in [2.75, 3.05) is 6.61 Å². The van der Waals surface area contributed by atoms with Crippen LogP contribution >= 0.6 is 11.6 Å². The zero-order chi connectivity index (χ0) is 8.10. The summed E-state index contributed by atoms with van der Waals surface area (Å²) >= 11 is 5.50. The molecule has 1 N–H and O–H groups in total. The average molecular weight is 176 g/mol. The number of hydrogen-bond acceptors (Lipinski definition) is 3. The summed E-state index contributed by atoms with van der Waals surface area (Å²) < 4.78 is 5.09. The van der Waals surface area contributed by atoms with Crippen molar-refractivity contribution in [1.82, 2.24) is 15.2 Å². The second-order valence-corrected chi connectivity index (χ2v) is 2.24. The van der Waals surface area contributed by atoms with Crippen molar-refractivity contribution in [2.45, 2.75) is 19.4 Å². The molecular weight excluding hydrogens is 166 g/mol. The highest BCUT2D eigenvalue weighted by Gasteiger charge is 2.00. The lowest BCUT2D eigenvalue weighted by molar-refractivity contribution is 0.128. The summed E-state index contributed by atoms with van der Waals surface area (Å²) in [5, 5.41) is 6.57. The first kappa shape index (κ1) is 8.49. The molecule has 0 saturated carbocycles. The molecule has 0 fully saturated rings. The van der Waals surface area contributed by atoms with Gasteiger partial charge in [-0.25, -0.2) is 4.98 Å². The van der Waals surface area contributed by atoms with Crippen LogP contribution in [0.5, 0.6) is 0 Å². The van der Waals surface area contributed by atoms with Crippen molar-refractivity contribution in [2.24, 2.45) is 0 Å². The van der Waals surface area contributed by atoms with E-state index in [-0.39, 0.29) is 0 Å². The van der Waals surface area contributed by atoms with Gasteiger partial charge in [0.1, 0.15) is 12.4 Å². The molecule has 1 aromatic rings. The van der Waals surface area contributed by atoms with Gasteiger partial charge in [0.05, 0.1) is 5.88 Å². The van der Waals surface area contributed by atoms with Crippen LogP contribution in [0.2, 0.25) is 0 Å². The highest BCUT2D eigenvalue weighted by molar-refractivity contribution is 6.16. The van der Waals surface area contributed by atoms with Gasteiger partial charge in [-0.3, -0.25) is 5.10 Å². The quantitative estimate of drug-likeness (QED) is 0.697. The van der Waals surface area contributed by atoms with E-state index in [0.717, 1.165) is 0 Å². The van der Waals surface area contributed by atoms with E-state index in [2.05, 4.69) is 15.2 Å². The van der Waals surface area contributed by atoms with Crippen LogP contribution < -0.4 is 0 Å². The minimum atomic E-state index is 0.360. The number of alkyl halides is 1. The van der Waals surface area contributed by atoms with E-state index in [1.165, 1.54) is 0 Å². The van der Waals surface area contributed by atoms with E-state index < -0.39 is 0 Å². The van der Waals surface area contributed by atoms with Gasteiger partial charge >= 0.3 is 0 Å². The molecule has 0 aliphatic rings. The van der Waals surface area contributed by atoms with E-state index in [9.17, 15) is 0 Å². The third-order valence-electron chi connectivity index (χ3n) is 1.14. The van der Waals surface area contributed by atoms with Crippen LogP contribution in [-0.2, 0) is 17.2 Å². The van der Waals surface area contributed by atoms with Crippen molar-refractivity contribution in [1.29, 1.82) is 0 Å². The molecule has 0 amide bonds. The summed E-state index contributed by atoms with van der Waals surface area (Å²) in [6.45, 7) is 3.05. The first-order chi connectivity index (χ1) is 5.36. The normalized spacial score (nSPS) is 10.4.